The van der Waals surface area contributed by atoms with E-state index in [0.717, 1.165) is 11.9 Å². The Balaban J connectivity index is 2.02. The molecule has 1 amide bonds. The van der Waals surface area contributed by atoms with Crippen molar-refractivity contribution in [2.75, 3.05) is 36.3 Å². The zero-order valence-electron chi connectivity index (χ0n) is 11.6. The molecule has 1 atom stereocenters. The van der Waals surface area contributed by atoms with Gasteiger partial charge in [0.15, 0.2) is 0 Å². The molecule has 0 N–H and O–H groups in total. The summed E-state index contributed by atoms with van der Waals surface area (Å²) < 4.78 is 28.6. The molecule has 2 aliphatic heterocycles. The lowest BCUT2D eigenvalue weighted by atomic mass is 10.2. The van der Waals surface area contributed by atoms with Gasteiger partial charge in [0, 0.05) is 13.1 Å². The number of nitrogens with zero attached hydrogens (tertiary/aromatic N) is 3. The Hall–Kier alpha value is -1.87. The van der Waals surface area contributed by atoms with Crippen LogP contribution in [0.25, 0.3) is 0 Å². The highest BCUT2D eigenvalue weighted by molar-refractivity contribution is 7.85. The molecular formula is C12H15N3O5S. The van der Waals surface area contributed by atoms with Gasteiger partial charge in [-0.05, 0) is 6.07 Å². The van der Waals surface area contributed by atoms with Crippen LogP contribution in [0.3, 0.4) is 0 Å². The van der Waals surface area contributed by atoms with E-state index in [4.69, 9.17) is 4.18 Å². The predicted molar refractivity (Wildman–Crippen MR) is 76.0 cm³/mol. The Morgan fingerprint density at radius 3 is 2.71 bits per heavy atom. The number of carbonyl (C=O) groups is 1. The van der Waals surface area contributed by atoms with E-state index in [-0.39, 0.29) is 31.2 Å². The molecule has 1 unspecified atom stereocenters. The lowest BCUT2D eigenvalue weighted by Crippen LogP contribution is -2.49. The number of likely N-dealkylation sites (N-methyl/N-ethyl adjacent to an activating group) is 1. The number of rotatable bonds is 3. The molecule has 114 valence electrons. The van der Waals surface area contributed by atoms with Crippen molar-refractivity contribution in [1.82, 2.24) is 4.57 Å². The molecular weight excluding hydrogens is 298 g/mol. The molecule has 1 aromatic heterocycles. The first-order valence-electron chi connectivity index (χ1n) is 6.39. The lowest BCUT2D eigenvalue weighted by molar-refractivity contribution is -0.118. The summed E-state index contributed by atoms with van der Waals surface area (Å²) in [6, 6.07) is 2.63. The second-order valence-electron chi connectivity index (χ2n) is 5.25. The van der Waals surface area contributed by atoms with Crippen LogP contribution >= 0.6 is 0 Å². The smallest absolute Gasteiger partial charge is 0.264 e. The van der Waals surface area contributed by atoms with Crippen LogP contribution in [-0.4, -0.2) is 51.4 Å². The summed E-state index contributed by atoms with van der Waals surface area (Å²) in [5.41, 5.74) is 0.555. The quantitative estimate of drug-likeness (QED) is 0.664. The minimum Gasteiger partial charge on any atom is -0.362 e. The second-order valence-corrected chi connectivity index (χ2v) is 6.90. The Bertz CT molecular complexity index is 770. The van der Waals surface area contributed by atoms with Gasteiger partial charge in [0.25, 0.3) is 15.7 Å². The van der Waals surface area contributed by atoms with Crippen LogP contribution in [0.4, 0.5) is 11.5 Å². The van der Waals surface area contributed by atoms with E-state index in [0.29, 0.717) is 5.82 Å². The summed E-state index contributed by atoms with van der Waals surface area (Å²) in [5.74, 6) is 0.340. The van der Waals surface area contributed by atoms with Crippen LogP contribution in [0.1, 0.15) is 0 Å². The van der Waals surface area contributed by atoms with Gasteiger partial charge in [0.1, 0.15) is 5.82 Å². The summed E-state index contributed by atoms with van der Waals surface area (Å²) in [5, 5.41) is 0. The van der Waals surface area contributed by atoms with Crippen molar-refractivity contribution in [3.63, 3.8) is 0 Å². The van der Waals surface area contributed by atoms with Crippen molar-refractivity contribution in [2.24, 2.45) is 0 Å². The monoisotopic (exact) mass is 313 g/mol. The molecule has 0 spiro atoms. The van der Waals surface area contributed by atoms with Crippen LogP contribution in [0.15, 0.2) is 16.9 Å². The molecule has 9 heteroatoms. The van der Waals surface area contributed by atoms with Gasteiger partial charge in [-0.3, -0.25) is 23.2 Å². The molecule has 3 rings (SSSR count). The molecule has 2 aliphatic rings. The van der Waals surface area contributed by atoms with Crippen molar-refractivity contribution in [3.05, 3.63) is 22.5 Å². The van der Waals surface area contributed by atoms with E-state index in [2.05, 4.69) is 0 Å². The van der Waals surface area contributed by atoms with Crippen LogP contribution in [0, 0.1) is 0 Å². The number of hydrogen-bond donors (Lipinski definition) is 0. The number of aromatic nitrogens is 1. The number of carbonyl (C=O) groups excluding carboxylic acids is 1. The fraction of sp³-hybridized carbons (Fsp3) is 0.500. The first-order valence-corrected chi connectivity index (χ1v) is 8.21. The third kappa shape index (κ3) is 2.32. The average molecular weight is 313 g/mol. The van der Waals surface area contributed by atoms with Gasteiger partial charge in [-0.15, -0.1) is 0 Å². The van der Waals surface area contributed by atoms with Gasteiger partial charge in [-0.2, -0.15) is 8.42 Å². The third-order valence-corrected chi connectivity index (χ3v) is 4.21. The van der Waals surface area contributed by atoms with Gasteiger partial charge in [-0.25, -0.2) is 0 Å². The van der Waals surface area contributed by atoms with Crippen molar-refractivity contribution < 1.29 is 17.4 Å². The van der Waals surface area contributed by atoms with Crippen LogP contribution in [-0.2, 0) is 25.6 Å². The summed E-state index contributed by atoms with van der Waals surface area (Å²) in [6.45, 7) is 0.256. The molecule has 0 aromatic carbocycles. The molecule has 0 saturated carbocycles. The zero-order valence-corrected chi connectivity index (χ0v) is 12.5. The second kappa shape index (κ2) is 4.57. The highest BCUT2D eigenvalue weighted by atomic mass is 32.2. The lowest BCUT2D eigenvalue weighted by Gasteiger charge is -2.34. The third-order valence-electron chi connectivity index (χ3n) is 3.65. The SMILES string of the molecule is CN1CC(=O)N2c3c1ccc(=O)n3CC2COS(C)(=O)=O. The molecule has 21 heavy (non-hydrogen) atoms. The molecule has 3 heterocycles. The Morgan fingerprint density at radius 2 is 2.05 bits per heavy atom. The van der Waals surface area contributed by atoms with Crippen LogP contribution < -0.4 is 15.4 Å². The molecule has 0 bridgehead atoms. The molecule has 0 radical (unpaired) electrons. The highest BCUT2D eigenvalue weighted by Gasteiger charge is 2.41. The minimum absolute atomic E-state index is 0.158. The topological polar surface area (TPSA) is 88.9 Å². The standard InChI is InChI=1S/C12H15N3O5S/c1-13-6-11(17)15-8(7-20-21(2,18)19)5-14-10(16)4-3-9(13)12(14)15/h3-4,8H,5-7H2,1-2H3. The van der Waals surface area contributed by atoms with E-state index < -0.39 is 16.2 Å². The number of anilines is 2. The maximum atomic E-state index is 12.2. The predicted octanol–water partition coefficient (Wildman–Crippen LogP) is -1.01. The maximum Gasteiger partial charge on any atom is 0.264 e. The van der Waals surface area contributed by atoms with Crippen molar-refractivity contribution >= 4 is 27.5 Å². The van der Waals surface area contributed by atoms with Crippen LogP contribution in [0.5, 0.6) is 0 Å². The van der Waals surface area contributed by atoms with E-state index in [9.17, 15) is 18.0 Å². The summed E-state index contributed by atoms with van der Waals surface area (Å²) in [6.07, 6.45) is 0.957. The van der Waals surface area contributed by atoms with Gasteiger partial charge >= 0.3 is 0 Å². The van der Waals surface area contributed by atoms with Gasteiger partial charge < -0.3 is 4.90 Å². The zero-order chi connectivity index (χ0) is 15.4. The van der Waals surface area contributed by atoms with Crippen molar-refractivity contribution in [3.8, 4) is 0 Å². The Kier molecular flexibility index (Phi) is 3.06. The molecule has 0 saturated heterocycles. The summed E-state index contributed by atoms with van der Waals surface area (Å²) in [4.78, 5) is 27.4. The molecule has 0 aliphatic carbocycles. The molecule has 1 aromatic rings. The largest absolute Gasteiger partial charge is 0.362 e. The van der Waals surface area contributed by atoms with Crippen LogP contribution in [0.2, 0.25) is 0 Å². The fourth-order valence-corrected chi connectivity index (χ4v) is 3.17. The van der Waals surface area contributed by atoms with Crippen molar-refractivity contribution in [2.45, 2.75) is 12.6 Å². The van der Waals surface area contributed by atoms with Crippen molar-refractivity contribution in [1.29, 1.82) is 0 Å². The average Bonchev–Trinajstić information content (AvgIpc) is 2.75. The highest BCUT2D eigenvalue weighted by Crippen LogP contribution is 2.37. The van der Waals surface area contributed by atoms with E-state index in [1.54, 1.807) is 18.0 Å². The Labute approximate surface area is 121 Å². The van der Waals surface area contributed by atoms with E-state index in [1.165, 1.54) is 15.5 Å². The molecule has 0 fully saturated rings. The minimum atomic E-state index is -3.60. The fourth-order valence-electron chi connectivity index (χ4n) is 2.77. The summed E-state index contributed by atoms with van der Waals surface area (Å²) >= 11 is 0. The van der Waals surface area contributed by atoms with Gasteiger partial charge in [-0.1, -0.05) is 0 Å². The van der Waals surface area contributed by atoms with E-state index in [1.807, 2.05) is 0 Å². The number of amides is 1. The molecule has 8 nitrogen and oxygen atoms in total. The number of pyridine rings is 1. The first-order chi connectivity index (χ1) is 9.78. The maximum absolute atomic E-state index is 12.2. The number of hydrogen-bond acceptors (Lipinski definition) is 6. The normalized spacial score (nSPS) is 20.9. The van der Waals surface area contributed by atoms with Gasteiger partial charge in [0.2, 0.25) is 5.91 Å². The first kappa shape index (κ1) is 14.1. The Morgan fingerprint density at radius 1 is 1.33 bits per heavy atom. The summed E-state index contributed by atoms with van der Waals surface area (Å²) in [7, 11) is -1.82. The van der Waals surface area contributed by atoms with Gasteiger partial charge in [0.05, 0.1) is 37.7 Å². The van der Waals surface area contributed by atoms with E-state index >= 15 is 0 Å².